The lowest BCUT2D eigenvalue weighted by Gasteiger charge is -2.36. The summed E-state index contributed by atoms with van der Waals surface area (Å²) in [5.41, 5.74) is 2.02. The molecule has 2 N–H and O–H groups in total. The fourth-order valence-electron chi connectivity index (χ4n) is 2.43. The largest absolute Gasteiger partial charge is 0.367 e. The van der Waals surface area contributed by atoms with Crippen molar-refractivity contribution in [2.24, 2.45) is 0 Å². The minimum absolute atomic E-state index is 0.0292. The molecule has 0 bridgehead atoms. The van der Waals surface area contributed by atoms with Gasteiger partial charge in [-0.25, -0.2) is 4.79 Å². The molecule has 0 unspecified atom stereocenters. The molecule has 7 heteroatoms. The zero-order valence-corrected chi connectivity index (χ0v) is 12.6. The van der Waals surface area contributed by atoms with Gasteiger partial charge in [-0.2, -0.15) is 16.4 Å². The highest BCUT2D eigenvalue weighted by molar-refractivity contribution is 7.07. The molecule has 1 aliphatic rings. The number of amides is 2. The van der Waals surface area contributed by atoms with Gasteiger partial charge in [0.2, 0.25) is 0 Å². The lowest BCUT2D eigenvalue weighted by molar-refractivity contribution is -0.0655. The van der Waals surface area contributed by atoms with Gasteiger partial charge in [0.25, 0.3) is 0 Å². The number of ether oxygens (including phenoxy) is 1. The van der Waals surface area contributed by atoms with Gasteiger partial charge in [-0.1, -0.05) is 0 Å². The second-order valence-corrected chi connectivity index (χ2v) is 5.92. The van der Waals surface area contributed by atoms with Crippen molar-refractivity contribution in [3.63, 3.8) is 0 Å². The molecule has 3 rings (SSSR count). The molecule has 0 spiro atoms. The summed E-state index contributed by atoms with van der Waals surface area (Å²) in [6.45, 7) is 3.63. The molecular weight excluding hydrogens is 288 g/mol. The fourth-order valence-corrected chi connectivity index (χ4v) is 3.13. The average Bonchev–Trinajstić information content (AvgIpc) is 3.17. The van der Waals surface area contributed by atoms with Gasteiger partial charge in [-0.3, -0.25) is 5.10 Å². The number of urea groups is 1. The predicted molar refractivity (Wildman–Crippen MR) is 80.0 cm³/mol. The van der Waals surface area contributed by atoms with Gasteiger partial charge in [0, 0.05) is 12.7 Å². The Bertz CT molecular complexity index is 570. The molecule has 2 aromatic rings. The van der Waals surface area contributed by atoms with Crippen molar-refractivity contribution in [1.82, 2.24) is 20.4 Å². The van der Waals surface area contributed by atoms with Crippen LogP contribution in [0.25, 0.3) is 0 Å². The molecule has 6 nitrogen and oxygen atoms in total. The van der Waals surface area contributed by atoms with Gasteiger partial charge in [0.15, 0.2) is 0 Å². The van der Waals surface area contributed by atoms with E-state index in [1.807, 2.05) is 29.3 Å². The Morgan fingerprint density at radius 2 is 2.48 bits per heavy atom. The lowest BCUT2D eigenvalue weighted by atomic mass is 10.1. The minimum Gasteiger partial charge on any atom is -0.367 e. The molecule has 0 radical (unpaired) electrons. The zero-order chi connectivity index (χ0) is 14.7. The van der Waals surface area contributed by atoms with Crippen LogP contribution in [0.1, 0.15) is 24.3 Å². The van der Waals surface area contributed by atoms with Gasteiger partial charge in [-0.15, -0.1) is 0 Å². The molecule has 1 saturated heterocycles. The Morgan fingerprint density at radius 1 is 1.57 bits per heavy atom. The molecular formula is C14H18N4O2S. The monoisotopic (exact) mass is 306 g/mol. The Balaban J connectivity index is 1.60. The molecule has 2 atom stereocenters. The normalized spacial score (nSPS) is 22.2. The third-order valence-corrected chi connectivity index (χ3v) is 4.15. The van der Waals surface area contributed by atoms with E-state index < -0.39 is 0 Å². The van der Waals surface area contributed by atoms with Gasteiger partial charge < -0.3 is 15.0 Å². The number of morpholine rings is 1. The number of H-pyrrole nitrogens is 1. The summed E-state index contributed by atoms with van der Waals surface area (Å²) < 4.78 is 5.93. The SMILES string of the molecule is C[C@@H]1CN(C(=O)NCc2ccn[nH]2)C[C@@H](c2ccsc2)O1. The summed E-state index contributed by atoms with van der Waals surface area (Å²) in [6, 6.07) is 3.82. The smallest absolute Gasteiger partial charge is 0.317 e. The molecule has 1 aliphatic heterocycles. The highest BCUT2D eigenvalue weighted by atomic mass is 32.1. The van der Waals surface area contributed by atoms with Crippen LogP contribution in [0.3, 0.4) is 0 Å². The van der Waals surface area contributed by atoms with Gasteiger partial charge in [0.1, 0.15) is 6.10 Å². The van der Waals surface area contributed by atoms with Gasteiger partial charge >= 0.3 is 6.03 Å². The van der Waals surface area contributed by atoms with Crippen LogP contribution in [0, 0.1) is 0 Å². The van der Waals surface area contributed by atoms with E-state index in [4.69, 9.17) is 4.74 Å². The summed E-state index contributed by atoms with van der Waals surface area (Å²) in [7, 11) is 0. The first-order valence-electron chi connectivity index (χ1n) is 6.91. The average molecular weight is 306 g/mol. The van der Waals surface area contributed by atoms with Crippen molar-refractivity contribution in [3.05, 3.63) is 40.3 Å². The number of rotatable bonds is 3. The molecule has 2 amide bonds. The minimum atomic E-state index is -0.0695. The van der Waals surface area contributed by atoms with Crippen LogP contribution in [0.4, 0.5) is 4.79 Å². The van der Waals surface area contributed by atoms with Crippen LogP contribution in [-0.2, 0) is 11.3 Å². The van der Waals surface area contributed by atoms with Gasteiger partial charge in [0.05, 0.1) is 24.9 Å². The molecule has 112 valence electrons. The lowest BCUT2D eigenvalue weighted by Crippen LogP contribution is -2.49. The van der Waals surface area contributed by atoms with Gasteiger partial charge in [-0.05, 0) is 35.4 Å². The van der Waals surface area contributed by atoms with Crippen LogP contribution in [0.2, 0.25) is 0 Å². The van der Waals surface area contributed by atoms with E-state index in [0.717, 1.165) is 11.3 Å². The van der Waals surface area contributed by atoms with E-state index >= 15 is 0 Å². The molecule has 2 aromatic heterocycles. The number of nitrogens with one attached hydrogen (secondary N) is 2. The number of hydrogen-bond donors (Lipinski definition) is 2. The van der Waals surface area contributed by atoms with E-state index in [0.29, 0.717) is 19.6 Å². The standard InChI is InChI=1S/C14H18N4O2S/c1-10-7-18(8-13(20-10)11-3-5-21-9-11)14(19)15-6-12-2-4-16-17-12/h2-5,9-10,13H,6-8H2,1H3,(H,15,19)(H,16,17)/t10-,13+/m1/s1. The van der Waals surface area contributed by atoms with Crippen molar-refractivity contribution < 1.29 is 9.53 Å². The Labute approximate surface area is 127 Å². The van der Waals surface area contributed by atoms with Crippen molar-refractivity contribution in [2.45, 2.75) is 25.7 Å². The number of thiophene rings is 1. The molecule has 0 aromatic carbocycles. The molecule has 0 saturated carbocycles. The van der Waals surface area contributed by atoms with Crippen LogP contribution in [0.15, 0.2) is 29.1 Å². The quantitative estimate of drug-likeness (QED) is 0.913. The maximum Gasteiger partial charge on any atom is 0.317 e. The van der Waals surface area contributed by atoms with Crippen LogP contribution < -0.4 is 5.32 Å². The number of aromatic amines is 1. The number of carbonyl (C=O) groups is 1. The van der Waals surface area contributed by atoms with E-state index in [1.54, 1.807) is 17.5 Å². The number of nitrogens with zero attached hydrogens (tertiary/aromatic N) is 2. The van der Waals surface area contributed by atoms with E-state index in [1.165, 1.54) is 0 Å². The number of aromatic nitrogens is 2. The number of carbonyl (C=O) groups excluding carboxylic acids is 1. The first-order chi connectivity index (χ1) is 10.2. The Kier molecular flexibility index (Phi) is 4.21. The van der Waals surface area contributed by atoms with Crippen LogP contribution in [0.5, 0.6) is 0 Å². The highest BCUT2D eigenvalue weighted by Gasteiger charge is 2.29. The van der Waals surface area contributed by atoms with Crippen LogP contribution in [-0.4, -0.2) is 40.3 Å². The first-order valence-corrected chi connectivity index (χ1v) is 7.85. The van der Waals surface area contributed by atoms with Crippen LogP contribution >= 0.6 is 11.3 Å². The second-order valence-electron chi connectivity index (χ2n) is 5.14. The Morgan fingerprint density at radius 3 is 3.19 bits per heavy atom. The topological polar surface area (TPSA) is 70.2 Å². The summed E-state index contributed by atoms with van der Waals surface area (Å²) in [4.78, 5) is 14.1. The van der Waals surface area contributed by atoms with Crippen molar-refractivity contribution in [1.29, 1.82) is 0 Å². The maximum absolute atomic E-state index is 12.3. The summed E-state index contributed by atoms with van der Waals surface area (Å²) in [5.74, 6) is 0. The Hall–Kier alpha value is -1.86. The van der Waals surface area contributed by atoms with Crippen molar-refractivity contribution in [3.8, 4) is 0 Å². The van der Waals surface area contributed by atoms with E-state index in [9.17, 15) is 4.79 Å². The van der Waals surface area contributed by atoms with Crippen molar-refractivity contribution in [2.75, 3.05) is 13.1 Å². The zero-order valence-electron chi connectivity index (χ0n) is 11.8. The number of hydrogen-bond acceptors (Lipinski definition) is 4. The summed E-state index contributed by atoms with van der Waals surface area (Å²) >= 11 is 1.64. The maximum atomic E-state index is 12.3. The highest BCUT2D eigenvalue weighted by Crippen LogP contribution is 2.26. The summed E-state index contributed by atoms with van der Waals surface area (Å²) in [6.07, 6.45) is 1.66. The van der Waals surface area contributed by atoms with E-state index in [-0.39, 0.29) is 18.2 Å². The predicted octanol–water partition coefficient (Wildman–Crippen LogP) is 2.14. The summed E-state index contributed by atoms with van der Waals surface area (Å²) in [5, 5.41) is 13.7. The first kappa shape index (κ1) is 14.1. The van der Waals surface area contributed by atoms with Crippen molar-refractivity contribution >= 4 is 17.4 Å². The van der Waals surface area contributed by atoms with E-state index in [2.05, 4.69) is 20.9 Å². The molecule has 1 fully saturated rings. The fraction of sp³-hybridized carbons (Fsp3) is 0.429. The second kappa shape index (κ2) is 6.28. The third kappa shape index (κ3) is 3.43. The molecule has 3 heterocycles. The third-order valence-electron chi connectivity index (χ3n) is 3.45. The molecule has 0 aliphatic carbocycles. The molecule has 21 heavy (non-hydrogen) atoms.